The zero-order chi connectivity index (χ0) is 28.3. The van der Waals surface area contributed by atoms with Crippen LogP contribution >= 0.6 is 0 Å². The highest BCUT2D eigenvalue weighted by Crippen LogP contribution is 2.34. The predicted molar refractivity (Wildman–Crippen MR) is 142 cm³/mol. The van der Waals surface area contributed by atoms with Crippen molar-refractivity contribution in [3.63, 3.8) is 0 Å². The number of halogens is 1. The summed E-state index contributed by atoms with van der Waals surface area (Å²) in [6.07, 6.45) is -0.768. The molecule has 9 nitrogen and oxygen atoms in total. The number of aliphatic hydroxyl groups excluding tert-OH is 1. The fraction of sp³-hybridized carbons (Fsp3) is 0.462. The second kappa shape index (κ2) is 12.1. The summed E-state index contributed by atoms with van der Waals surface area (Å²) in [6, 6.07) is 8.55. The molecular formula is C26H34FN3O6S2. The molecule has 2 aromatic carbocycles. The van der Waals surface area contributed by atoms with E-state index in [0.29, 0.717) is 12.1 Å². The first-order valence-corrected chi connectivity index (χ1v) is 14.9. The van der Waals surface area contributed by atoms with Crippen LogP contribution in [0, 0.1) is 23.6 Å². The van der Waals surface area contributed by atoms with Crippen molar-refractivity contribution in [1.82, 2.24) is 13.5 Å². The van der Waals surface area contributed by atoms with Crippen LogP contribution in [0.2, 0.25) is 0 Å². The van der Waals surface area contributed by atoms with Gasteiger partial charge in [0.2, 0.25) is 20.0 Å². The Kier molecular flexibility index (Phi) is 9.57. The maximum atomic E-state index is 13.7. The number of hydrogen-bond acceptors (Lipinski definition) is 7. The van der Waals surface area contributed by atoms with E-state index in [1.165, 1.54) is 35.6 Å². The summed E-state index contributed by atoms with van der Waals surface area (Å²) in [5.74, 6) is 4.89. The van der Waals surface area contributed by atoms with Gasteiger partial charge in [-0.05, 0) is 57.4 Å². The van der Waals surface area contributed by atoms with Crippen molar-refractivity contribution in [3.8, 4) is 17.6 Å². The minimum Gasteiger partial charge on any atom is -0.487 e. The molecule has 0 saturated carbocycles. The summed E-state index contributed by atoms with van der Waals surface area (Å²) in [6.45, 7) is 3.33. The molecule has 1 N–H and O–H groups in total. The van der Waals surface area contributed by atoms with Crippen molar-refractivity contribution < 1.29 is 31.1 Å². The highest BCUT2D eigenvalue weighted by molar-refractivity contribution is 7.89. The topological polar surface area (TPSA) is 107 Å². The molecule has 38 heavy (non-hydrogen) atoms. The molecule has 12 heteroatoms. The van der Waals surface area contributed by atoms with Crippen LogP contribution in [0.5, 0.6) is 5.75 Å². The number of hydrogen-bond donors (Lipinski definition) is 1. The van der Waals surface area contributed by atoms with E-state index in [0.717, 1.165) is 16.4 Å². The first-order chi connectivity index (χ1) is 17.8. The molecule has 2 aromatic rings. The molecule has 3 atom stereocenters. The molecule has 208 valence electrons. The van der Waals surface area contributed by atoms with Crippen molar-refractivity contribution in [2.75, 3.05) is 47.4 Å². The van der Waals surface area contributed by atoms with E-state index in [2.05, 4.69) is 11.8 Å². The third-order valence-corrected chi connectivity index (χ3v) is 10.1. The van der Waals surface area contributed by atoms with Gasteiger partial charge in [0.05, 0.1) is 24.6 Å². The molecule has 0 saturated heterocycles. The first kappa shape index (κ1) is 30.0. The summed E-state index contributed by atoms with van der Waals surface area (Å²) in [4.78, 5) is 1.60. The lowest BCUT2D eigenvalue weighted by Crippen LogP contribution is -2.50. The zero-order valence-electron chi connectivity index (χ0n) is 22.1. The number of rotatable bonds is 7. The van der Waals surface area contributed by atoms with E-state index >= 15 is 0 Å². The Morgan fingerprint density at radius 2 is 1.92 bits per heavy atom. The Bertz CT molecular complexity index is 1420. The SMILES string of the molecule is C[C@H](CO)N1C[C@H](C)[C@@H](CN(C)S(=O)(=O)c2cccc(F)c2)Oc2cc(C#CCN(C)C)ccc2S1(=O)=O. The van der Waals surface area contributed by atoms with E-state index in [4.69, 9.17) is 4.74 Å². The molecule has 0 fully saturated rings. The van der Waals surface area contributed by atoms with Crippen LogP contribution in [-0.4, -0.2) is 95.0 Å². The fourth-order valence-corrected chi connectivity index (χ4v) is 7.02. The molecule has 1 aliphatic rings. The van der Waals surface area contributed by atoms with Gasteiger partial charge in [-0.1, -0.05) is 24.8 Å². The van der Waals surface area contributed by atoms with E-state index in [1.807, 2.05) is 19.0 Å². The van der Waals surface area contributed by atoms with Crippen molar-refractivity contribution in [1.29, 1.82) is 0 Å². The third-order valence-electron chi connectivity index (χ3n) is 6.24. The fourth-order valence-electron chi connectivity index (χ4n) is 3.98. The Morgan fingerprint density at radius 1 is 1.21 bits per heavy atom. The van der Waals surface area contributed by atoms with Crippen molar-refractivity contribution in [3.05, 3.63) is 53.8 Å². The second-order valence-corrected chi connectivity index (χ2v) is 13.6. The van der Waals surface area contributed by atoms with Gasteiger partial charge in [-0.3, -0.25) is 4.90 Å². The Hall–Kier alpha value is -2.53. The van der Waals surface area contributed by atoms with Crippen LogP contribution in [-0.2, 0) is 20.0 Å². The molecule has 0 unspecified atom stereocenters. The van der Waals surface area contributed by atoms with Crippen LogP contribution < -0.4 is 4.74 Å². The quantitative estimate of drug-likeness (QED) is 0.509. The molecule has 0 bridgehead atoms. The van der Waals surface area contributed by atoms with Gasteiger partial charge in [0.15, 0.2) is 0 Å². The maximum Gasteiger partial charge on any atom is 0.247 e. The summed E-state index contributed by atoms with van der Waals surface area (Å²) in [5.41, 5.74) is 0.537. The normalized spacial score (nSPS) is 20.6. The lowest BCUT2D eigenvalue weighted by molar-refractivity contribution is 0.0904. The maximum absolute atomic E-state index is 13.7. The number of fused-ring (bicyclic) bond motifs is 1. The molecule has 0 aromatic heterocycles. The summed E-state index contributed by atoms with van der Waals surface area (Å²) >= 11 is 0. The van der Waals surface area contributed by atoms with Crippen LogP contribution in [0.15, 0.2) is 52.3 Å². The Balaban J connectivity index is 2.05. The highest BCUT2D eigenvalue weighted by atomic mass is 32.2. The molecule has 1 heterocycles. The smallest absolute Gasteiger partial charge is 0.247 e. The average molecular weight is 568 g/mol. The van der Waals surface area contributed by atoms with Gasteiger partial charge in [0, 0.05) is 31.1 Å². The van der Waals surface area contributed by atoms with E-state index in [-0.39, 0.29) is 28.6 Å². The van der Waals surface area contributed by atoms with Gasteiger partial charge in [-0.2, -0.15) is 8.61 Å². The van der Waals surface area contributed by atoms with E-state index in [9.17, 15) is 26.3 Å². The minimum atomic E-state index is -4.05. The van der Waals surface area contributed by atoms with Crippen molar-refractivity contribution >= 4 is 20.0 Å². The molecule has 3 rings (SSSR count). The van der Waals surface area contributed by atoms with Crippen molar-refractivity contribution in [2.24, 2.45) is 5.92 Å². The predicted octanol–water partition coefficient (Wildman–Crippen LogP) is 1.83. The monoisotopic (exact) mass is 567 g/mol. The number of sulfonamides is 2. The van der Waals surface area contributed by atoms with Gasteiger partial charge >= 0.3 is 0 Å². The van der Waals surface area contributed by atoms with Gasteiger partial charge in [0.1, 0.15) is 22.6 Å². The summed E-state index contributed by atoms with van der Waals surface area (Å²) < 4.78 is 75.7. The Morgan fingerprint density at radius 3 is 2.55 bits per heavy atom. The van der Waals surface area contributed by atoms with Gasteiger partial charge in [0.25, 0.3) is 0 Å². The molecule has 0 amide bonds. The van der Waals surface area contributed by atoms with Gasteiger partial charge in [-0.15, -0.1) is 0 Å². The van der Waals surface area contributed by atoms with Crippen LogP contribution in [0.4, 0.5) is 4.39 Å². The molecule has 0 radical (unpaired) electrons. The van der Waals surface area contributed by atoms with Crippen LogP contribution in [0.3, 0.4) is 0 Å². The van der Waals surface area contributed by atoms with E-state index in [1.54, 1.807) is 19.9 Å². The average Bonchev–Trinajstić information content (AvgIpc) is 2.85. The first-order valence-electron chi connectivity index (χ1n) is 12.1. The molecular weight excluding hydrogens is 533 g/mol. The minimum absolute atomic E-state index is 0.00753. The standard InChI is InChI=1S/C26H34FN3O6S2/c1-19-16-30(20(2)18-31)38(34,35)26-12-11-21(8-7-13-28(3)4)14-24(26)36-25(19)17-29(5)37(32,33)23-10-6-9-22(27)15-23/h6,9-12,14-15,19-20,25,31H,13,16-18H2,1-5H3/t19-,20+,25+/m0/s1. The van der Waals surface area contributed by atoms with Crippen LogP contribution in [0.1, 0.15) is 19.4 Å². The molecule has 0 aliphatic carbocycles. The lowest BCUT2D eigenvalue weighted by Gasteiger charge is -2.37. The third kappa shape index (κ3) is 6.72. The number of likely N-dealkylation sites (N-methyl/N-ethyl adjacent to an activating group) is 1. The summed E-state index contributed by atoms with van der Waals surface area (Å²) in [7, 11) is -2.98. The number of benzene rings is 2. The van der Waals surface area contributed by atoms with Crippen LogP contribution in [0.25, 0.3) is 0 Å². The van der Waals surface area contributed by atoms with Gasteiger partial charge < -0.3 is 9.84 Å². The number of ether oxygens (including phenoxy) is 1. The van der Waals surface area contributed by atoms with Gasteiger partial charge in [-0.25, -0.2) is 21.2 Å². The van der Waals surface area contributed by atoms with E-state index < -0.39 is 50.5 Å². The second-order valence-electron chi connectivity index (χ2n) is 9.68. The largest absolute Gasteiger partial charge is 0.487 e. The molecule has 0 spiro atoms. The number of aliphatic hydroxyl groups is 1. The molecule has 1 aliphatic heterocycles. The summed E-state index contributed by atoms with van der Waals surface area (Å²) in [5, 5.41) is 9.79. The van der Waals surface area contributed by atoms with Crippen molar-refractivity contribution in [2.45, 2.75) is 35.8 Å². The zero-order valence-corrected chi connectivity index (χ0v) is 23.8. The number of nitrogens with zero attached hydrogens (tertiary/aromatic N) is 3. The Labute approximate surface area is 224 Å². The highest BCUT2D eigenvalue weighted by Gasteiger charge is 2.39. The lowest BCUT2D eigenvalue weighted by atomic mass is 10.0.